The van der Waals surface area contributed by atoms with Gasteiger partial charge in [0.25, 0.3) is 5.91 Å². The third-order valence-electron chi connectivity index (χ3n) is 3.01. The van der Waals surface area contributed by atoms with E-state index in [1.165, 1.54) is 6.08 Å². The lowest BCUT2D eigenvalue weighted by atomic mass is 10.2. The summed E-state index contributed by atoms with van der Waals surface area (Å²) < 4.78 is 6.08. The summed E-state index contributed by atoms with van der Waals surface area (Å²) >= 11 is 8.16. The van der Waals surface area contributed by atoms with Gasteiger partial charge in [-0.2, -0.15) is 0 Å². The molecule has 0 spiro atoms. The molecule has 0 saturated carbocycles. The fourth-order valence-corrected chi connectivity index (χ4v) is 2.57. The van der Waals surface area contributed by atoms with Crippen LogP contribution in [-0.4, -0.2) is 18.4 Å². The minimum Gasteiger partial charge on any atom is -0.451 e. The molecule has 5 nitrogen and oxygen atoms in total. The molecule has 0 atom stereocenters. The zero-order chi connectivity index (χ0) is 17.5. The SMILES string of the molecule is CCCNC(=O)c1ccc(NC(=O)C=Cc2ccc(I)o2)cc1Cl. The number of benzene rings is 1. The maximum atomic E-state index is 11.9. The van der Waals surface area contributed by atoms with Gasteiger partial charge in [0.1, 0.15) is 5.76 Å². The highest BCUT2D eigenvalue weighted by Gasteiger charge is 2.10. The molecule has 0 aliphatic rings. The quantitative estimate of drug-likeness (QED) is 0.500. The van der Waals surface area contributed by atoms with Gasteiger partial charge in [0.15, 0.2) is 3.77 Å². The van der Waals surface area contributed by atoms with Crippen LogP contribution in [0.25, 0.3) is 6.08 Å². The molecule has 0 aliphatic carbocycles. The molecule has 0 saturated heterocycles. The van der Waals surface area contributed by atoms with Crippen LogP contribution in [0.1, 0.15) is 29.5 Å². The lowest BCUT2D eigenvalue weighted by molar-refractivity contribution is -0.111. The first-order valence-corrected chi connectivity index (χ1v) is 8.77. The van der Waals surface area contributed by atoms with Crippen molar-refractivity contribution in [3.8, 4) is 0 Å². The first-order chi connectivity index (χ1) is 11.5. The number of carbonyl (C=O) groups excluding carboxylic acids is 2. The van der Waals surface area contributed by atoms with Crippen molar-refractivity contribution in [2.24, 2.45) is 0 Å². The van der Waals surface area contributed by atoms with E-state index < -0.39 is 0 Å². The van der Waals surface area contributed by atoms with Crippen LogP contribution >= 0.6 is 34.2 Å². The van der Waals surface area contributed by atoms with Gasteiger partial charge >= 0.3 is 0 Å². The lowest BCUT2D eigenvalue weighted by Crippen LogP contribution is -2.24. The first-order valence-electron chi connectivity index (χ1n) is 7.31. The Balaban J connectivity index is 1.99. The molecule has 24 heavy (non-hydrogen) atoms. The van der Waals surface area contributed by atoms with Crippen molar-refractivity contribution in [3.63, 3.8) is 0 Å². The monoisotopic (exact) mass is 458 g/mol. The Bertz CT molecular complexity index is 771. The van der Waals surface area contributed by atoms with E-state index in [0.717, 1.165) is 10.2 Å². The van der Waals surface area contributed by atoms with Crippen molar-refractivity contribution in [3.05, 3.63) is 56.5 Å². The molecule has 1 aromatic carbocycles. The molecule has 2 N–H and O–H groups in total. The van der Waals surface area contributed by atoms with Crippen LogP contribution in [-0.2, 0) is 4.79 Å². The average molecular weight is 459 g/mol. The van der Waals surface area contributed by atoms with Crippen molar-refractivity contribution in [2.45, 2.75) is 13.3 Å². The van der Waals surface area contributed by atoms with Crippen LogP contribution in [0.4, 0.5) is 5.69 Å². The van der Waals surface area contributed by atoms with Gasteiger partial charge in [-0.3, -0.25) is 9.59 Å². The molecule has 1 aromatic heterocycles. The normalized spacial score (nSPS) is 10.8. The van der Waals surface area contributed by atoms with Gasteiger partial charge in [0, 0.05) is 18.3 Å². The molecule has 126 valence electrons. The molecule has 2 aromatic rings. The Hall–Kier alpha value is -1.80. The Kier molecular flexibility index (Phi) is 6.86. The number of halogens is 2. The summed E-state index contributed by atoms with van der Waals surface area (Å²) in [7, 11) is 0. The van der Waals surface area contributed by atoms with Crippen LogP contribution in [0.5, 0.6) is 0 Å². The van der Waals surface area contributed by atoms with E-state index in [2.05, 4.69) is 10.6 Å². The van der Waals surface area contributed by atoms with Crippen LogP contribution in [0.3, 0.4) is 0 Å². The molecule has 0 aliphatic heterocycles. The minimum absolute atomic E-state index is 0.230. The number of anilines is 1. The Morgan fingerprint density at radius 2 is 2.08 bits per heavy atom. The smallest absolute Gasteiger partial charge is 0.252 e. The van der Waals surface area contributed by atoms with E-state index in [1.807, 2.05) is 29.5 Å². The number of carbonyl (C=O) groups is 2. The summed E-state index contributed by atoms with van der Waals surface area (Å²) in [6.07, 6.45) is 3.79. The molecule has 2 rings (SSSR count). The van der Waals surface area contributed by atoms with E-state index in [0.29, 0.717) is 23.6 Å². The third kappa shape index (κ3) is 5.38. The number of hydrogen-bond donors (Lipinski definition) is 2. The predicted molar refractivity (Wildman–Crippen MR) is 103 cm³/mol. The van der Waals surface area contributed by atoms with Gasteiger partial charge in [-0.25, -0.2) is 0 Å². The summed E-state index contributed by atoms with van der Waals surface area (Å²) in [5.74, 6) is 0.0447. The Labute approximate surface area is 158 Å². The average Bonchev–Trinajstić information content (AvgIpc) is 2.96. The van der Waals surface area contributed by atoms with E-state index >= 15 is 0 Å². The fraction of sp³-hybridized carbons (Fsp3) is 0.176. The summed E-state index contributed by atoms with van der Waals surface area (Å²) in [5.41, 5.74) is 0.888. The van der Waals surface area contributed by atoms with E-state index in [4.69, 9.17) is 16.0 Å². The molecule has 0 bridgehead atoms. The topological polar surface area (TPSA) is 71.3 Å². The highest BCUT2D eigenvalue weighted by molar-refractivity contribution is 14.1. The van der Waals surface area contributed by atoms with Crippen molar-refractivity contribution in [2.75, 3.05) is 11.9 Å². The van der Waals surface area contributed by atoms with Gasteiger partial charge < -0.3 is 15.1 Å². The van der Waals surface area contributed by atoms with Gasteiger partial charge in [-0.1, -0.05) is 18.5 Å². The molecule has 1 heterocycles. The van der Waals surface area contributed by atoms with Crippen molar-refractivity contribution in [1.29, 1.82) is 0 Å². The summed E-state index contributed by atoms with van der Waals surface area (Å²) in [5, 5.41) is 5.72. The number of nitrogens with one attached hydrogen (secondary N) is 2. The number of furan rings is 1. The summed E-state index contributed by atoms with van der Waals surface area (Å²) in [6.45, 7) is 2.56. The van der Waals surface area contributed by atoms with Gasteiger partial charge in [-0.05, 0) is 65.4 Å². The van der Waals surface area contributed by atoms with Crippen molar-refractivity contribution in [1.82, 2.24) is 5.32 Å². The van der Waals surface area contributed by atoms with Crippen LogP contribution in [0.15, 0.2) is 40.8 Å². The van der Waals surface area contributed by atoms with Crippen LogP contribution < -0.4 is 10.6 Å². The number of amides is 2. The molecule has 0 fully saturated rings. The molecular weight excluding hydrogens is 443 g/mol. The molecular formula is C17H16ClIN2O3. The molecule has 0 radical (unpaired) electrons. The van der Waals surface area contributed by atoms with Crippen molar-refractivity contribution >= 4 is 57.8 Å². The lowest BCUT2D eigenvalue weighted by Gasteiger charge is -2.08. The largest absolute Gasteiger partial charge is 0.451 e. The zero-order valence-corrected chi connectivity index (χ0v) is 15.8. The van der Waals surface area contributed by atoms with E-state index in [1.54, 1.807) is 36.4 Å². The number of rotatable bonds is 6. The molecule has 7 heteroatoms. The standard InChI is InChI=1S/C17H16ClIN2O3/c1-2-9-20-17(23)13-6-3-11(10-14(13)18)21-16(22)8-5-12-4-7-15(19)24-12/h3-8,10H,2,9H2,1H3,(H,20,23)(H,21,22). The van der Waals surface area contributed by atoms with Crippen LogP contribution in [0, 0.1) is 3.77 Å². The fourth-order valence-electron chi connectivity index (χ4n) is 1.87. The second-order valence-electron chi connectivity index (χ2n) is 4.91. The second kappa shape index (κ2) is 8.89. The van der Waals surface area contributed by atoms with Crippen molar-refractivity contribution < 1.29 is 14.0 Å². The molecule has 2 amide bonds. The Morgan fingerprint density at radius 3 is 2.71 bits per heavy atom. The van der Waals surface area contributed by atoms with E-state index in [9.17, 15) is 9.59 Å². The second-order valence-corrected chi connectivity index (χ2v) is 6.39. The maximum absolute atomic E-state index is 11.9. The predicted octanol–water partition coefficient (Wildman–Crippen LogP) is 4.33. The van der Waals surface area contributed by atoms with Gasteiger partial charge in [0.2, 0.25) is 5.91 Å². The highest BCUT2D eigenvalue weighted by Crippen LogP contribution is 2.21. The van der Waals surface area contributed by atoms with Gasteiger partial charge in [-0.15, -0.1) is 0 Å². The Morgan fingerprint density at radius 1 is 1.29 bits per heavy atom. The molecule has 0 unspecified atom stereocenters. The summed E-state index contributed by atoms with van der Waals surface area (Å²) in [4.78, 5) is 23.8. The van der Waals surface area contributed by atoms with Gasteiger partial charge in [0.05, 0.1) is 10.6 Å². The summed E-state index contributed by atoms with van der Waals surface area (Å²) in [6, 6.07) is 8.34. The maximum Gasteiger partial charge on any atom is 0.252 e. The zero-order valence-electron chi connectivity index (χ0n) is 12.9. The highest BCUT2D eigenvalue weighted by atomic mass is 127. The number of hydrogen-bond acceptors (Lipinski definition) is 3. The minimum atomic E-state index is -0.319. The van der Waals surface area contributed by atoms with Crippen LogP contribution in [0.2, 0.25) is 5.02 Å². The first kappa shape index (κ1) is 18.5. The van der Waals surface area contributed by atoms with E-state index in [-0.39, 0.29) is 16.8 Å². The third-order valence-corrected chi connectivity index (χ3v) is 3.90.